The van der Waals surface area contributed by atoms with Crippen molar-refractivity contribution >= 4 is 17.3 Å². The normalized spacial score (nSPS) is 10.4. The van der Waals surface area contributed by atoms with E-state index >= 15 is 0 Å². The zero-order chi connectivity index (χ0) is 17.6. The van der Waals surface area contributed by atoms with E-state index in [9.17, 15) is 14.4 Å². The monoisotopic (exact) mass is 457 g/mol. The van der Waals surface area contributed by atoms with Gasteiger partial charge in [-0.2, -0.15) is 0 Å². The SMILES string of the molecule is CC(=O)/C=C(/C)O.CC(=O)/C=C(/C)O.CC(=O)/C=C(\C)O.O.[La]. The molecule has 0 amide bonds. The van der Waals surface area contributed by atoms with E-state index in [2.05, 4.69) is 0 Å². The Kier molecular flexibility index (Phi) is 30.2. The number of rotatable bonds is 3. The molecule has 5 N–H and O–H groups in total. The van der Waals surface area contributed by atoms with Gasteiger partial charge in [0.1, 0.15) is 0 Å². The molecule has 0 aromatic heterocycles. The fraction of sp³-hybridized carbons (Fsp3) is 0.400. The minimum absolute atomic E-state index is 0. The van der Waals surface area contributed by atoms with Gasteiger partial charge in [-0.05, 0) is 41.5 Å². The van der Waals surface area contributed by atoms with Crippen molar-refractivity contribution in [2.45, 2.75) is 41.5 Å². The van der Waals surface area contributed by atoms with Crippen LogP contribution >= 0.6 is 0 Å². The number of aliphatic hydroxyl groups is 3. The van der Waals surface area contributed by atoms with Crippen LogP contribution in [0.15, 0.2) is 35.5 Å². The second-order valence-electron chi connectivity index (χ2n) is 4.19. The van der Waals surface area contributed by atoms with Gasteiger partial charge in [-0.15, -0.1) is 0 Å². The number of hydrogen-bond donors (Lipinski definition) is 3. The Morgan fingerprint density at radius 2 is 0.696 bits per heavy atom. The summed E-state index contributed by atoms with van der Waals surface area (Å²) in [5.74, 6) is -0.187. The summed E-state index contributed by atoms with van der Waals surface area (Å²) in [5, 5.41) is 25.1. The van der Waals surface area contributed by atoms with E-state index in [1.54, 1.807) is 0 Å². The van der Waals surface area contributed by atoms with Crippen LogP contribution in [0.4, 0.5) is 0 Å². The molecule has 0 unspecified atom stereocenters. The van der Waals surface area contributed by atoms with Crippen LogP contribution in [0.2, 0.25) is 0 Å². The van der Waals surface area contributed by atoms with Crippen LogP contribution in [-0.4, -0.2) is 38.1 Å². The molecule has 0 saturated carbocycles. The number of hydrogen-bond acceptors (Lipinski definition) is 6. The summed E-state index contributed by atoms with van der Waals surface area (Å²) < 4.78 is 0. The second kappa shape index (κ2) is 20.8. The maximum absolute atomic E-state index is 10.0. The summed E-state index contributed by atoms with van der Waals surface area (Å²) in [4.78, 5) is 30.1. The van der Waals surface area contributed by atoms with Gasteiger partial charge in [0, 0.05) is 53.8 Å². The molecule has 131 valence electrons. The first-order chi connectivity index (χ1) is 9.38. The fourth-order valence-corrected chi connectivity index (χ4v) is 0.882. The van der Waals surface area contributed by atoms with Crippen molar-refractivity contribution in [2.24, 2.45) is 0 Å². The molecule has 0 aromatic rings. The minimum Gasteiger partial charge on any atom is -0.512 e. The summed E-state index contributed by atoms with van der Waals surface area (Å²) in [5.41, 5.74) is 0. The molecule has 0 saturated heterocycles. The fourth-order valence-electron chi connectivity index (χ4n) is 0.882. The standard InChI is InChI=1S/3C5H8O2.La.H2O/c3*1-4(6)3-5(2)7;;/h3*3,6H,1-2H3;;1H2/b4-3+;2*4-3-;;. The van der Waals surface area contributed by atoms with Crippen molar-refractivity contribution in [3.63, 3.8) is 0 Å². The van der Waals surface area contributed by atoms with Crippen LogP contribution < -0.4 is 0 Å². The third-order valence-corrected chi connectivity index (χ3v) is 1.24. The Morgan fingerprint density at radius 3 is 0.696 bits per heavy atom. The maximum atomic E-state index is 10.0. The van der Waals surface area contributed by atoms with Gasteiger partial charge in [0.15, 0.2) is 17.3 Å². The number of allylic oxidation sites excluding steroid dienone is 6. The molecule has 0 fully saturated rings. The summed E-state index contributed by atoms with van der Waals surface area (Å²) in [6.45, 7) is 8.54. The van der Waals surface area contributed by atoms with Crippen molar-refractivity contribution in [1.29, 1.82) is 0 Å². The Hall–Kier alpha value is -1.22. The van der Waals surface area contributed by atoms with Crippen LogP contribution in [0.3, 0.4) is 0 Å². The number of carbonyl (C=O) groups is 3. The van der Waals surface area contributed by atoms with Crippen molar-refractivity contribution in [3.8, 4) is 0 Å². The van der Waals surface area contributed by atoms with Gasteiger partial charge in [-0.1, -0.05) is 0 Å². The van der Waals surface area contributed by atoms with E-state index in [1.807, 2.05) is 0 Å². The average Bonchev–Trinajstić information content (AvgIpc) is 2.10. The Bertz CT molecular complexity index is 370. The maximum Gasteiger partial charge on any atom is 0.155 e. The molecule has 7 nitrogen and oxygen atoms in total. The first-order valence-electron chi connectivity index (χ1n) is 6.02. The second-order valence-corrected chi connectivity index (χ2v) is 4.19. The van der Waals surface area contributed by atoms with Crippen molar-refractivity contribution in [3.05, 3.63) is 35.5 Å². The van der Waals surface area contributed by atoms with E-state index in [-0.39, 0.29) is 75.7 Å². The minimum atomic E-state index is -0.125. The molecule has 8 heteroatoms. The zero-order valence-electron chi connectivity index (χ0n) is 14.4. The van der Waals surface area contributed by atoms with E-state index in [4.69, 9.17) is 15.3 Å². The predicted molar refractivity (Wildman–Crippen MR) is 84.8 cm³/mol. The smallest absolute Gasteiger partial charge is 0.155 e. The Balaban J connectivity index is -0.0000000675. The van der Waals surface area contributed by atoms with E-state index in [0.29, 0.717) is 0 Å². The van der Waals surface area contributed by atoms with E-state index < -0.39 is 0 Å². The molecule has 23 heavy (non-hydrogen) atoms. The van der Waals surface area contributed by atoms with Crippen LogP contribution in [-0.2, 0) is 14.4 Å². The first-order valence-corrected chi connectivity index (χ1v) is 6.02. The summed E-state index contributed by atoms with van der Waals surface area (Å²) in [7, 11) is 0. The quantitative estimate of drug-likeness (QED) is 0.438. The molecule has 0 aliphatic heterocycles. The van der Waals surface area contributed by atoms with Gasteiger partial charge < -0.3 is 20.8 Å². The third kappa shape index (κ3) is 63.1. The molecular weight excluding hydrogens is 431 g/mol. The number of aliphatic hydroxyl groups excluding tert-OH is 3. The van der Waals surface area contributed by atoms with Crippen molar-refractivity contribution in [2.75, 3.05) is 0 Å². The van der Waals surface area contributed by atoms with Crippen LogP contribution in [0.5, 0.6) is 0 Å². The summed E-state index contributed by atoms with van der Waals surface area (Å²) in [6.07, 6.45) is 3.50. The molecule has 0 aliphatic rings. The van der Waals surface area contributed by atoms with Crippen molar-refractivity contribution < 1.29 is 70.8 Å². The molecule has 1 radical (unpaired) electrons. The van der Waals surface area contributed by atoms with Crippen molar-refractivity contribution in [1.82, 2.24) is 0 Å². The van der Waals surface area contributed by atoms with Gasteiger partial charge in [0.2, 0.25) is 0 Å². The van der Waals surface area contributed by atoms with Gasteiger partial charge in [0.25, 0.3) is 0 Å². The Labute approximate surface area is 164 Å². The molecule has 0 rings (SSSR count). The average molecular weight is 457 g/mol. The molecule has 0 heterocycles. The third-order valence-electron chi connectivity index (χ3n) is 1.24. The molecule has 0 aromatic carbocycles. The summed E-state index contributed by atoms with van der Waals surface area (Å²) in [6, 6.07) is 0. The Morgan fingerprint density at radius 1 is 0.565 bits per heavy atom. The molecule has 0 aliphatic carbocycles. The van der Waals surface area contributed by atoms with Gasteiger partial charge in [-0.25, -0.2) is 0 Å². The largest absolute Gasteiger partial charge is 0.512 e. The molecular formula is C15H26LaO7. The predicted octanol–water partition coefficient (Wildman–Crippen LogP) is 2.29. The van der Waals surface area contributed by atoms with Gasteiger partial charge in [0.05, 0.1) is 17.3 Å². The first kappa shape index (κ1) is 33.4. The van der Waals surface area contributed by atoms with E-state index in [1.165, 1.54) is 59.8 Å². The zero-order valence-corrected chi connectivity index (χ0v) is 18.0. The molecule has 0 atom stereocenters. The van der Waals surface area contributed by atoms with Gasteiger partial charge in [-0.3, -0.25) is 14.4 Å². The molecule has 0 spiro atoms. The van der Waals surface area contributed by atoms with Crippen LogP contribution in [0.25, 0.3) is 0 Å². The molecule has 0 bridgehead atoms. The number of ketones is 3. The van der Waals surface area contributed by atoms with Crippen LogP contribution in [0, 0.1) is 35.6 Å². The number of carbonyl (C=O) groups excluding carboxylic acids is 3. The topological polar surface area (TPSA) is 143 Å². The van der Waals surface area contributed by atoms with E-state index in [0.717, 1.165) is 0 Å². The summed E-state index contributed by atoms with van der Waals surface area (Å²) >= 11 is 0. The van der Waals surface area contributed by atoms with Gasteiger partial charge >= 0.3 is 0 Å². The van der Waals surface area contributed by atoms with Crippen LogP contribution in [0.1, 0.15) is 41.5 Å².